The Kier molecular flexibility index (Phi) is 2.40. The molecule has 0 radical (unpaired) electrons. The van der Waals surface area contributed by atoms with Crippen LogP contribution in [0.3, 0.4) is 0 Å². The van der Waals surface area contributed by atoms with E-state index < -0.39 is 5.97 Å². The third-order valence-electron chi connectivity index (χ3n) is 0.339. The molecule has 0 saturated heterocycles. The third-order valence-corrected chi connectivity index (χ3v) is 0.339. The fourth-order valence-electron chi connectivity index (χ4n) is 0.107. The van der Waals surface area contributed by atoms with Crippen LogP contribution in [0, 0.1) is 0 Å². The molecule has 3 nitrogen and oxygen atoms in total. The smallest absolute Gasteiger partial charge is 0.311 e. The molecule has 0 amide bonds. The van der Waals surface area contributed by atoms with Crippen LogP contribution >= 0.6 is 0 Å². The minimum atomic E-state index is -0.898. The maximum atomic E-state index is 9.48. The van der Waals surface area contributed by atoms with Crippen molar-refractivity contribution in [2.24, 2.45) is 0 Å². The predicted octanol–water partition coefficient (Wildman–Crippen LogP) is -0.814. The second-order valence-corrected chi connectivity index (χ2v) is 0.894. The summed E-state index contributed by atoms with van der Waals surface area (Å²) in [5.41, 5.74) is 0. The average molecular weight is 91.1 g/mol. The molecule has 6 heavy (non-hydrogen) atoms. The van der Waals surface area contributed by atoms with Gasteiger partial charge in [0, 0.05) is 0 Å². The first kappa shape index (κ1) is 5.43. The molecule has 0 aliphatic carbocycles. The van der Waals surface area contributed by atoms with Crippen LogP contribution in [-0.2, 0) is 4.79 Å². The molecule has 0 aromatic rings. The van der Waals surface area contributed by atoms with E-state index in [2.05, 4.69) is 0 Å². The molecular weight excluding hydrogens is 84.0 g/mol. The highest BCUT2D eigenvalue weighted by Gasteiger charge is 1.91. The molecule has 0 rings (SSSR count). The van der Waals surface area contributed by atoms with Crippen LogP contribution in [-0.4, -0.2) is 22.8 Å². The van der Waals surface area contributed by atoms with E-state index in [-0.39, 0.29) is 13.0 Å². The van der Waals surface area contributed by atoms with Crippen molar-refractivity contribution in [3.63, 3.8) is 0 Å². The van der Waals surface area contributed by atoms with Gasteiger partial charge in [-0.25, -0.2) is 0 Å². The molecule has 0 unspecified atom stereocenters. The number of aliphatic carboxylic acids is 1. The molecule has 0 spiro atoms. The highest BCUT2D eigenvalue weighted by molar-refractivity contribution is 5.66. The van der Waals surface area contributed by atoms with Crippen LogP contribution in [0.5, 0.6) is 0 Å². The second kappa shape index (κ2) is 2.66. The monoisotopic (exact) mass is 91.0 g/mol. The summed E-state index contributed by atoms with van der Waals surface area (Å²) >= 11 is 0. The number of hydrogen-bond donors (Lipinski definition) is 1. The molecule has 0 heterocycles. The van der Waals surface area contributed by atoms with E-state index >= 15 is 0 Å². The zero-order chi connectivity index (χ0) is 4.99. The van der Waals surface area contributed by atoms with Gasteiger partial charge in [-0.05, 0) is 0 Å². The Hall–Kier alpha value is -0.570. The molecule has 0 bridgehead atoms. The summed E-state index contributed by atoms with van der Waals surface area (Å²) in [4.78, 5) is 9.48. The molecule has 0 atom stereocenters. The first-order valence-electron chi connectivity index (χ1n) is 1.63. The fraction of sp³-hybridized carbons (Fsp3) is 0.667. The Bertz CT molecular complexity index is 50.0. The molecule has 0 aromatic heterocycles. The normalized spacial score (nSPS) is 8.17. The van der Waals surface area contributed by atoms with Crippen molar-refractivity contribution in [3.8, 4) is 0 Å². The predicted molar refractivity (Wildman–Crippen MR) is 20.7 cm³/mol. The molecule has 0 aromatic carbocycles. The van der Waals surface area contributed by atoms with Crippen molar-refractivity contribution >= 4 is 5.97 Å². The van der Waals surface area contributed by atoms with E-state index in [1.165, 1.54) is 0 Å². The van der Waals surface area contributed by atoms with E-state index in [0.717, 1.165) is 0 Å². The molecule has 0 aliphatic heterocycles. The van der Waals surface area contributed by atoms with Gasteiger partial charge in [-0.3, -0.25) is 4.79 Å². The Morgan fingerprint density at radius 1 is 1.83 bits per heavy atom. The SMILES string of the molecule is O=C(O)CC[OH2+]. The third kappa shape index (κ3) is 3.43. The maximum absolute atomic E-state index is 9.48. The minimum Gasteiger partial charge on any atom is -0.481 e. The standard InChI is InChI=1S/C3H6O3/c4-2-1-3(5)6/h4H,1-2H2,(H,5,6)/p+1. The number of rotatable bonds is 2. The second-order valence-electron chi connectivity index (χ2n) is 0.894. The number of carboxylic acid groups (broad SMARTS) is 1. The van der Waals surface area contributed by atoms with Crippen molar-refractivity contribution in [2.45, 2.75) is 6.42 Å². The lowest BCUT2D eigenvalue weighted by molar-refractivity contribution is -0.137. The van der Waals surface area contributed by atoms with Crippen molar-refractivity contribution in [3.05, 3.63) is 0 Å². The molecule has 0 fully saturated rings. The van der Waals surface area contributed by atoms with Crippen molar-refractivity contribution in [1.29, 1.82) is 0 Å². The lowest BCUT2D eigenvalue weighted by Crippen LogP contribution is -1.96. The average Bonchev–Trinajstić information content (AvgIpc) is 1.35. The largest absolute Gasteiger partial charge is 0.481 e. The van der Waals surface area contributed by atoms with Crippen LogP contribution in [0.4, 0.5) is 0 Å². The van der Waals surface area contributed by atoms with Gasteiger partial charge in [0.05, 0.1) is 0 Å². The summed E-state index contributed by atoms with van der Waals surface area (Å²) in [5, 5.41) is 14.1. The highest BCUT2D eigenvalue weighted by atomic mass is 16.4. The van der Waals surface area contributed by atoms with Gasteiger partial charge in [-0.2, -0.15) is 0 Å². The summed E-state index contributed by atoms with van der Waals surface area (Å²) in [6.45, 7) is -0.0185. The van der Waals surface area contributed by atoms with Gasteiger partial charge in [-0.15, -0.1) is 0 Å². The lowest BCUT2D eigenvalue weighted by atomic mass is 10.5. The summed E-state index contributed by atoms with van der Waals surface area (Å²) in [5.74, 6) is -0.898. The Morgan fingerprint density at radius 3 is 2.33 bits per heavy atom. The molecule has 3 heteroatoms. The maximum Gasteiger partial charge on any atom is 0.311 e. The van der Waals surface area contributed by atoms with Gasteiger partial charge in [0.15, 0.2) is 6.61 Å². The highest BCUT2D eigenvalue weighted by Crippen LogP contribution is 1.70. The Morgan fingerprint density at radius 2 is 2.33 bits per heavy atom. The molecule has 3 N–H and O–H groups in total. The molecular formula is C3H7O3+. The number of hydrogen-bond acceptors (Lipinski definition) is 1. The zero-order valence-electron chi connectivity index (χ0n) is 3.27. The van der Waals surface area contributed by atoms with Gasteiger partial charge in [0.1, 0.15) is 6.42 Å². The first-order valence-corrected chi connectivity index (χ1v) is 1.63. The van der Waals surface area contributed by atoms with Crippen molar-refractivity contribution < 1.29 is 15.0 Å². The summed E-state index contributed by atoms with van der Waals surface area (Å²) < 4.78 is 0. The van der Waals surface area contributed by atoms with Crippen LogP contribution in [0.15, 0.2) is 0 Å². The molecule has 36 valence electrons. The molecule has 0 aliphatic rings. The van der Waals surface area contributed by atoms with Crippen LogP contribution in [0.2, 0.25) is 0 Å². The fourth-order valence-corrected chi connectivity index (χ4v) is 0.107. The number of carbonyl (C=O) groups is 1. The van der Waals surface area contributed by atoms with Crippen LogP contribution in [0.25, 0.3) is 0 Å². The van der Waals surface area contributed by atoms with Gasteiger partial charge in [0.25, 0.3) is 0 Å². The van der Waals surface area contributed by atoms with Gasteiger partial charge in [0.2, 0.25) is 0 Å². The van der Waals surface area contributed by atoms with Gasteiger partial charge < -0.3 is 10.2 Å². The van der Waals surface area contributed by atoms with Gasteiger partial charge in [-0.1, -0.05) is 0 Å². The summed E-state index contributed by atoms with van der Waals surface area (Å²) in [6.07, 6.45) is -0.0417. The molecule has 0 saturated carbocycles. The zero-order valence-corrected chi connectivity index (χ0v) is 3.27. The Balaban J connectivity index is 2.83. The van der Waals surface area contributed by atoms with E-state index in [0.29, 0.717) is 0 Å². The van der Waals surface area contributed by atoms with E-state index in [1.807, 2.05) is 0 Å². The van der Waals surface area contributed by atoms with Crippen LogP contribution in [0.1, 0.15) is 6.42 Å². The van der Waals surface area contributed by atoms with E-state index in [4.69, 9.17) is 10.2 Å². The van der Waals surface area contributed by atoms with Gasteiger partial charge >= 0.3 is 5.97 Å². The van der Waals surface area contributed by atoms with Crippen LogP contribution < -0.4 is 0 Å². The van der Waals surface area contributed by atoms with Crippen molar-refractivity contribution in [2.75, 3.05) is 6.61 Å². The Labute approximate surface area is 35.2 Å². The topological polar surface area (TPSA) is 60.2 Å². The van der Waals surface area contributed by atoms with E-state index in [9.17, 15) is 4.79 Å². The summed E-state index contributed by atoms with van der Waals surface area (Å²) in [7, 11) is 0. The summed E-state index contributed by atoms with van der Waals surface area (Å²) in [6, 6.07) is 0. The van der Waals surface area contributed by atoms with E-state index in [1.54, 1.807) is 0 Å². The minimum absolute atomic E-state index is 0.0185. The number of carboxylic acids is 1. The van der Waals surface area contributed by atoms with Crippen molar-refractivity contribution in [1.82, 2.24) is 0 Å². The first-order chi connectivity index (χ1) is 2.77. The lowest BCUT2D eigenvalue weighted by Gasteiger charge is -1.77. The quantitative estimate of drug-likeness (QED) is 0.451.